The molecule has 1 heterocycles. The summed E-state index contributed by atoms with van der Waals surface area (Å²) in [6.07, 6.45) is 0. The average molecular weight is 313 g/mol. The molecule has 0 bridgehead atoms. The SMILES string of the molecule is Cc1nc(Nc2ccccc2Br)sc1C(=O)O. The van der Waals surface area contributed by atoms with Gasteiger partial charge in [-0.25, -0.2) is 9.78 Å². The Morgan fingerprint density at radius 3 is 2.76 bits per heavy atom. The van der Waals surface area contributed by atoms with Gasteiger partial charge < -0.3 is 10.4 Å². The number of benzene rings is 1. The number of aromatic carboxylic acids is 1. The Bertz CT molecular complexity index is 568. The summed E-state index contributed by atoms with van der Waals surface area (Å²) in [5.41, 5.74) is 1.38. The van der Waals surface area contributed by atoms with E-state index in [9.17, 15) is 4.79 Å². The van der Waals surface area contributed by atoms with Gasteiger partial charge in [-0.15, -0.1) is 0 Å². The topological polar surface area (TPSA) is 62.2 Å². The smallest absolute Gasteiger partial charge is 0.347 e. The summed E-state index contributed by atoms with van der Waals surface area (Å²) in [6, 6.07) is 7.60. The van der Waals surface area contributed by atoms with Crippen LogP contribution in [0.2, 0.25) is 0 Å². The molecule has 0 unspecified atom stereocenters. The van der Waals surface area contributed by atoms with Crippen molar-refractivity contribution in [2.45, 2.75) is 6.92 Å². The summed E-state index contributed by atoms with van der Waals surface area (Å²) in [5, 5.41) is 12.6. The predicted octanol–water partition coefficient (Wildman–Crippen LogP) is 3.66. The molecule has 0 fully saturated rings. The fourth-order valence-corrected chi connectivity index (χ4v) is 2.53. The summed E-state index contributed by atoms with van der Waals surface area (Å²) < 4.78 is 0.907. The van der Waals surface area contributed by atoms with Crippen LogP contribution < -0.4 is 5.32 Å². The third kappa shape index (κ3) is 2.65. The Hall–Kier alpha value is -1.40. The lowest BCUT2D eigenvalue weighted by Crippen LogP contribution is -1.94. The highest BCUT2D eigenvalue weighted by molar-refractivity contribution is 9.10. The molecule has 2 aromatic rings. The number of carboxylic acid groups (broad SMARTS) is 1. The molecule has 2 rings (SSSR count). The Morgan fingerprint density at radius 1 is 1.47 bits per heavy atom. The van der Waals surface area contributed by atoms with Gasteiger partial charge in [-0.1, -0.05) is 23.5 Å². The molecule has 0 spiro atoms. The first-order chi connectivity index (χ1) is 8.08. The number of nitrogens with zero attached hydrogens (tertiary/aromatic N) is 1. The van der Waals surface area contributed by atoms with Gasteiger partial charge in [0.05, 0.1) is 11.4 Å². The summed E-state index contributed by atoms with van der Waals surface area (Å²) in [7, 11) is 0. The molecule has 0 amide bonds. The molecule has 88 valence electrons. The number of hydrogen-bond donors (Lipinski definition) is 2. The molecule has 0 radical (unpaired) electrons. The van der Waals surface area contributed by atoms with Crippen molar-refractivity contribution in [3.63, 3.8) is 0 Å². The minimum atomic E-state index is -0.944. The number of hydrogen-bond acceptors (Lipinski definition) is 4. The minimum Gasteiger partial charge on any atom is -0.477 e. The van der Waals surface area contributed by atoms with Crippen molar-refractivity contribution in [1.29, 1.82) is 0 Å². The molecule has 4 nitrogen and oxygen atoms in total. The summed E-state index contributed by atoms with van der Waals surface area (Å²) >= 11 is 4.53. The van der Waals surface area contributed by atoms with Crippen LogP contribution >= 0.6 is 27.3 Å². The number of para-hydroxylation sites is 1. The third-order valence-electron chi connectivity index (χ3n) is 2.11. The molecular weight excluding hydrogens is 304 g/mol. The van der Waals surface area contributed by atoms with Gasteiger partial charge in [-0.05, 0) is 35.0 Å². The number of aryl methyl sites for hydroxylation is 1. The Balaban J connectivity index is 2.28. The molecule has 2 N–H and O–H groups in total. The maximum absolute atomic E-state index is 10.9. The lowest BCUT2D eigenvalue weighted by molar-refractivity contribution is 0.0701. The van der Waals surface area contributed by atoms with Crippen LogP contribution in [-0.2, 0) is 0 Å². The van der Waals surface area contributed by atoms with Crippen LogP contribution in [-0.4, -0.2) is 16.1 Å². The summed E-state index contributed by atoms with van der Waals surface area (Å²) in [4.78, 5) is 15.3. The lowest BCUT2D eigenvalue weighted by atomic mass is 10.3. The van der Waals surface area contributed by atoms with Crippen LogP contribution in [0.4, 0.5) is 10.8 Å². The molecule has 0 saturated heterocycles. The van der Waals surface area contributed by atoms with Crippen molar-refractivity contribution in [2.24, 2.45) is 0 Å². The second-order valence-electron chi connectivity index (χ2n) is 3.34. The van der Waals surface area contributed by atoms with Crippen molar-refractivity contribution in [3.8, 4) is 0 Å². The normalized spacial score (nSPS) is 10.2. The monoisotopic (exact) mass is 312 g/mol. The van der Waals surface area contributed by atoms with E-state index in [0.29, 0.717) is 10.8 Å². The average Bonchev–Trinajstić information content (AvgIpc) is 2.63. The van der Waals surface area contributed by atoms with Crippen LogP contribution in [0.1, 0.15) is 15.4 Å². The van der Waals surface area contributed by atoms with Crippen molar-refractivity contribution in [3.05, 3.63) is 39.3 Å². The van der Waals surface area contributed by atoms with Crippen molar-refractivity contribution in [1.82, 2.24) is 4.98 Å². The number of thiazole rings is 1. The third-order valence-corrected chi connectivity index (χ3v) is 3.86. The number of rotatable bonds is 3. The van der Waals surface area contributed by atoms with Crippen LogP contribution in [0.15, 0.2) is 28.7 Å². The molecule has 0 aliphatic carbocycles. The van der Waals surface area contributed by atoms with Gasteiger partial charge in [0.2, 0.25) is 0 Å². The molecule has 0 saturated carbocycles. The number of carboxylic acids is 1. The van der Waals surface area contributed by atoms with E-state index < -0.39 is 5.97 Å². The van der Waals surface area contributed by atoms with Gasteiger partial charge in [0, 0.05) is 4.47 Å². The Morgan fingerprint density at radius 2 is 2.18 bits per heavy atom. The molecule has 0 aliphatic rings. The van der Waals surface area contributed by atoms with Gasteiger partial charge in [-0.2, -0.15) is 0 Å². The first-order valence-electron chi connectivity index (χ1n) is 4.80. The highest BCUT2D eigenvalue weighted by atomic mass is 79.9. The van der Waals surface area contributed by atoms with E-state index in [0.717, 1.165) is 21.5 Å². The Kier molecular flexibility index (Phi) is 3.44. The lowest BCUT2D eigenvalue weighted by Gasteiger charge is -2.03. The van der Waals surface area contributed by atoms with E-state index in [4.69, 9.17) is 5.11 Å². The maximum Gasteiger partial charge on any atom is 0.347 e. The van der Waals surface area contributed by atoms with E-state index in [-0.39, 0.29) is 4.88 Å². The van der Waals surface area contributed by atoms with Crippen LogP contribution in [0.5, 0.6) is 0 Å². The van der Waals surface area contributed by atoms with E-state index in [1.54, 1.807) is 6.92 Å². The highest BCUT2D eigenvalue weighted by Crippen LogP contribution is 2.29. The highest BCUT2D eigenvalue weighted by Gasteiger charge is 2.14. The van der Waals surface area contributed by atoms with Crippen LogP contribution in [0, 0.1) is 6.92 Å². The van der Waals surface area contributed by atoms with E-state index in [1.165, 1.54) is 0 Å². The fourth-order valence-electron chi connectivity index (χ4n) is 1.33. The Labute approximate surface area is 110 Å². The second kappa shape index (κ2) is 4.85. The fraction of sp³-hybridized carbons (Fsp3) is 0.0909. The number of halogens is 1. The molecule has 0 aliphatic heterocycles. The second-order valence-corrected chi connectivity index (χ2v) is 5.20. The zero-order valence-corrected chi connectivity index (χ0v) is 11.3. The summed E-state index contributed by atoms with van der Waals surface area (Å²) in [5.74, 6) is -0.944. The molecule has 0 atom stereocenters. The zero-order chi connectivity index (χ0) is 12.4. The van der Waals surface area contributed by atoms with Gasteiger partial charge in [0.1, 0.15) is 4.88 Å². The zero-order valence-electron chi connectivity index (χ0n) is 8.90. The van der Waals surface area contributed by atoms with E-state index in [2.05, 4.69) is 26.2 Å². The number of anilines is 2. The minimum absolute atomic E-state index is 0.263. The van der Waals surface area contributed by atoms with Gasteiger partial charge in [0.15, 0.2) is 5.13 Å². The summed E-state index contributed by atoms with van der Waals surface area (Å²) in [6.45, 7) is 1.69. The molecule has 6 heteroatoms. The maximum atomic E-state index is 10.9. The number of carbonyl (C=O) groups is 1. The largest absolute Gasteiger partial charge is 0.477 e. The van der Waals surface area contributed by atoms with E-state index >= 15 is 0 Å². The van der Waals surface area contributed by atoms with Crippen molar-refractivity contribution in [2.75, 3.05) is 5.32 Å². The van der Waals surface area contributed by atoms with Crippen LogP contribution in [0.3, 0.4) is 0 Å². The number of nitrogens with one attached hydrogen (secondary N) is 1. The van der Waals surface area contributed by atoms with Crippen molar-refractivity contribution >= 4 is 44.1 Å². The molecule has 17 heavy (non-hydrogen) atoms. The van der Waals surface area contributed by atoms with Gasteiger partial charge >= 0.3 is 5.97 Å². The van der Waals surface area contributed by atoms with Gasteiger partial charge in [-0.3, -0.25) is 0 Å². The molecule has 1 aromatic carbocycles. The first-order valence-corrected chi connectivity index (χ1v) is 6.41. The van der Waals surface area contributed by atoms with E-state index in [1.807, 2.05) is 24.3 Å². The van der Waals surface area contributed by atoms with Crippen LogP contribution in [0.25, 0.3) is 0 Å². The van der Waals surface area contributed by atoms with Crippen molar-refractivity contribution < 1.29 is 9.90 Å². The quantitative estimate of drug-likeness (QED) is 0.908. The molecule has 1 aromatic heterocycles. The van der Waals surface area contributed by atoms with Gasteiger partial charge in [0.25, 0.3) is 0 Å². The predicted molar refractivity (Wildman–Crippen MR) is 71.2 cm³/mol. The first kappa shape index (κ1) is 12.1. The molecular formula is C11H9BrN2O2S. The standard InChI is InChI=1S/C11H9BrN2O2S/c1-6-9(10(15)16)17-11(13-6)14-8-5-3-2-4-7(8)12/h2-5H,1H3,(H,13,14)(H,15,16). The number of aromatic nitrogens is 1.